The Kier molecular flexibility index (Phi) is 4.04. The first-order valence-electron chi connectivity index (χ1n) is 7.56. The van der Waals surface area contributed by atoms with Crippen molar-refractivity contribution in [2.24, 2.45) is 0 Å². The standard InChI is InChI=1S/C16H14Cl2N4O2/c17-11-3-1-10(2-4-11)8-22-12-7-19-16(18)20-14(12)21-5-6-24-9-13(21)15(22)23/h1-4,7,13H,5-6,8-9H2. The highest BCUT2D eigenvalue weighted by Gasteiger charge is 2.41. The second-order valence-electron chi connectivity index (χ2n) is 5.68. The van der Waals surface area contributed by atoms with E-state index in [0.29, 0.717) is 42.8 Å². The highest BCUT2D eigenvalue weighted by atomic mass is 35.5. The fraction of sp³-hybridized carbons (Fsp3) is 0.312. The van der Waals surface area contributed by atoms with Crippen LogP contribution < -0.4 is 9.80 Å². The maximum atomic E-state index is 13.0. The van der Waals surface area contributed by atoms with Gasteiger partial charge in [0.05, 0.1) is 26.0 Å². The Balaban J connectivity index is 1.75. The zero-order valence-corrected chi connectivity index (χ0v) is 14.2. The number of halogens is 2. The summed E-state index contributed by atoms with van der Waals surface area (Å²) < 4.78 is 5.49. The van der Waals surface area contributed by atoms with Crippen LogP contribution in [0.15, 0.2) is 30.5 Å². The molecule has 2 aliphatic heterocycles. The van der Waals surface area contributed by atoms with Crippen LogP contribution in [-0.2, 0) is 16.1 Å². The van der Waals surface area contributed by atoms with E-state index in [4.69, 9.17) is 27.9 Å². The Bertz CT molecular complexity index is 784. The second-order valence-corrected chi connectivity index (χ2v) is 6.46. The van der Waals surface area contributed by atoms with Gasteiger partial charge in [0.25, 0.3) is 5.91 Å². The zero-order chi connectivity index (χ0) is 16.7. The minimum atomic E-state index is -0.385. The Morgan fingerprint density at radius 2 is 2.04 bits per heavy atom. The fourth-order valence-electron chi connectivity index (χ4n) is 3.04. The van der Waals surface area contributed by atoms with Gasteiger partial charge in [0.2, 0.25) is 5.28 Å². The molecule has 0 saturated carbocycles. The van der Waals surface area contributed by atoms with Crippen molar-refractivity contribution in [3.63, 3.8) is 0 Å². The summed E-state index contributed by atoms with van der Waals surface area (Å²) in [4.78, 5) is 25.0. The van der Waals surface area contributed by atoms with E-state index >= 15 is 0 Å². The first kappa shape index (κ1) is 15.6. The summed E-state index contributed by atoms with van der Waals surface area (Å²) in [7, 11) is 0. The summed E-state index contributed by atoms with van der Waals surface area (Å²) in [6, 6.07) is 7.02. The van der Waals surface area contributed by atoms with Crippen LogP contribution in [0.1, 0.15) is 5.56 Å². The lowest BCUT2D eigenvalue weighted by Gasteiger charge is -2.43. The highest BCUT2D eigenvalue weighted by Crippen LogP contribution is 2.36. The van der Waals surface area contributed by atoms with Crippen LogP contribution in [0.3, 0.4) is 0 Å². The monoisotopic (exact) mass is 364 g/mol. The molecule has 124 valence electrons. The molecule has 4 rings (SSSR count). The molecule has 0 radical (unpaired) electrons. The molecule has 0 aliphatic carbocycles. The van der Waals surface area contributed by atoms with Gasteiger partial charge in [0, 0.05) is 11.6 Å². The Labute approximate surface area is 149 Å². The minimum Gasteiger partial charge on any atom is -0.377 e. The van der Waals surface area contributed by atoms with Crippen LogP contribution in [0.2, 0.25) is 10.3 Å². The molecule has 1 fully saturated rings. The van der Waals surface area contributed by atoms with Gasteiger partial charge < -0.3 is 14.5 Å². The van der Waals surface area contributed by atoms with Gasteiger partial charge in [0.1, 0.15) is 11.7 Å². The lowest BCUT2D eigenvalue weighted by atomic mass is 10.1. The van der Waals surface area contributed by atoms with Crippen molar-refractivity contribution in [3.05, 3.63) is 46.3 Å². The third-order valence-corrected chi connectivity index (χ3v) is 4.65. The molecule has 1 aromatic heterocycles. The number of carbonyl (C=O) groups is 1. The maximum absolute atomic E-state index is 13.0. The van der Waals surface area contributed by atoms with Crippen LogP contribution in [0, 0.1) is 0 Å². The van der Waals surface area contributed by atoms with Crippen molar-refractivity contribution in [1.29, 1.82) is 0 Å². The molecule has 1 aromatic carbocycles. The molecule has 1 atom stereocenters. The van der Waals surface area contributed by atoms with Gasteiger partial charge >= 0.3 is 0 Å². The SMILES string of the molecule is O=C1C2COCCN2c2nc(Cl)ncc2N1Cc1ccc(Cl)cc1. The topological polar surface area (TPSA) is 58.6 Å². The summed E-state index contributed by atoms with van der Waals surface area (Å²) in [5.74, 6) is 0.653. The number of ether oxygens (including phenoxy) is 1. The molecule has 0 N–H and O–H groups in total. The Hall–Kier alpha value is -1.89. The van der Waals surface area contributed by atoms with Gasteiger partial charge in [-0.25, -0.2) is 4.98 Å². The number of carbonyl (C=O) groups excluding carboxylic acids is 1. The van der Waals surface area contributed by atoms with Gasteiger partial charge in [-0.15, -0.1) is 0 Å². The van der Waals surface area contributed by atoms with Gasteiger partial charge in [0.15, 0.2) is 5.82 Å². The molecule has 8 heteroatoms. The molecule has 1 saturated heterocycles. The molecule has 1 amide bonds. The lowest BCUT2D eigenvalue weighted by Crippen LogP contribution is -2.58. The third-order valence-electron chi connectivity index (χ3n) is 4.22. The number of nitrogens with zero attached hydrogens (tertiary/aromatic N) is 4. The number of benzene rings is 1. The average Bonchev–Trinajstić information content (AvgIpc) is 2.60. The van der Waals surface area contributed by atoms with Crippen molar-refractivity contribution >= 4 is 40.6 Å². The van der Waals surface area contributed by atoms with Crippen molar-refractivity contribution in [2.75, 3.05) is 29.6 Å². The predicted molar refractivity (Wildman–Crippen MR) is 91.6 cm³/mol. The summed E-state index contributed by atoms with van der Waals surface area (Å²) in [6.45, 7) is 1.92. The Morgan fingerprint density at radius 1 is 1.25 bits per heavy atom. The second kappa shape index (κ2) is 6.20. The molecule has 0 spiro atoms. The normalized spacial score (nSPS) is 19.9. The third kappa shape index (κ3) is 2.70. The molecular weight excluding hydrogens is 351 g/mol. The summed E-state index contributed by atoms with van der Waals surface area (Å²) >= 11 is 11.9. The van der Waals surface area contributed by atoms with E-state index in [2.05, 4.69) is 9.97 Å². The van der Waals surface area contributed by atoms with Crippen LogP contribution in [0.4, 0.5) is 11.5 Å². The highest BCUT2D eigenvalue weighted by molar-refractivity contribution is 6.30. The van der Waals surface area contributed by atoms with Crippen LogP contribution in [0.25, 0.3) is 0 Å². The molecule has 3 heterocycles. The van der Waals surface area contributed by atoms with E-state index in [-0.39, 0.29) is 17.2 Å². The van der Waals surface area contributed by atoms with E-state index in [9.17, 15) is 4.79 Å². The van der Waals surface area contributed by atoms with E-state index in [0.717, 1.165) is 5.56 Å². The summed E-state index contributed by atoms with van der Waals surface area (Å²) in [5, 5.41) is 0.825. The number of morpholine rings is 1. The quantitative estimate of drug-likeness (QED) is 0.766. The number of aromatic nitrogens is 2. The lowest BCUT2D eigenvalue weighted by molar-refractivity contribution is -0.122. The van der Waals surface area contributed by atoms with Crippen molar-refractivity contribution in [2.45, 2.75) is 12.6 Å². The number of rotatable bonds is 2. The first-order valence-corrected chi connectivity index (χ1v) is 8.32. The van der Waals surface area contributed by atoms with E-state index < -0.39 is 0 Å². The molecule has 2 aliphatic rings. The summed E-state index contributed by atoms with van der Waals surface area (Å²) in [6.07, 6.45) is 1.60. The van der Waals surface area contributed by atoms with Gasteiger partial charge in [-0.2, -0.15) is 4.98 Å². The largest absolute Gasteiger partial charge is 0.377 e. The predicted octanol–water partition coefficient (Wildman–Crippen LogP) is 2.54. The smallest absolute Gasteiger partial charge is 0.252 e. The van der Waals surface area contributed by atoms with Crippen LogP contribution >= 0.6 is 23.2 Å². The van der Waals surface area contributed by atoms with Gasteiger partial charge in [-0.1, -0.05) is 23.7 Å². The maximum Gasteiger partial charge on any atom is 0.252 e. The number of anilines is 2. The summed E-state index contributed by atoms with van der Waals surface area (Å²) in [5.41, 5.74) is 1.64. The molecule has 6 nitrogen and oxygen atoms in total. The molecule has 24 heavy (non-hydrogen) atoms. The van der Waals surface area contributed by atoms with Crippen molar-refractivity contribution in [1.82, 2.24) is 9.97 Å². The van der Waals surface area contributed by atoms with Crippen LogP contribution in [-0.4, -0.2) is 41.7 Å². The minimum absolute atomic E-state index is 0.0249. The number of amides is 1. The van der Waals surface area contributed by atoms with Gasteiger partial charge in [-0.05, 0) is 29.3 Å². The van der Waals surface area contributed by atoms with Crippen molar-refractivity contribution < 1.29 is 9.53 Å². The van der Waals surface area contributed by atoms with Crippen molar-refractivity contribution in [3.8, 4) is 0 Å². The molecule has 1 unspecified atom stereocenters. The number of hydrogen-bond acceptors (Lipinski definition) is 5. The fourth-order valence-corrected chi connectivity index (χ4v) is 3.30. The molecular formula is C16H14Cl2N4O2. The number of fused-ring (bicyclic) bond motifs is 3. The van der Waals surface area contributed by atoms with E-state index in [1.54, 1.807) is 23.2 Å². The first-order chi connectivity index (χ1) is 11.6. The van der Waals surface area contributed by atoms with Gasteiger partial charge in [-0.3, -0.25) is 4.79 Å². The molecule has 0 bridgehead atoms. The van der Waals surface area contributed by atoms with Crippen LogP contribution in [0.5, 0.6) is 0 Å². The zero-order valence-electron chi connectivity index (χ0n) is 12.7. The number of hydrogen-bond donors (Lipinski definition) is 0. The average molecular weight is 365 g/mol. The Morgan fingerprint density at radius 3 is 2.83 bits per heavy atom. The van der Waals surface area contributed by atoms with E-state index in [1.807, 2.05) is 17.0 Å². The van der Waals surface area contributed by atoms with E-state index in [1.165, 1.54) is 0 Å². The molecule has 2 aromatic rings.